The van der Waals surface area contributed by atoms with Crippen LogP contribution in [-0.2, 0) is 10.7 Å². The van der Waals surface area contributed by atoms with Gasteiger partial charge in [0.1, 0.15) is 10.6 Å². The van der Waals surface area contributed by atoms with Gasteiger partial charge in [0.05, 0.1) is 7.11 Å². The van der Waals surface area contributed by atoms with Crippen molar-refractivity contribution in [3.8, 4) is 5.75 Å². The highest BCUT2D eigenvalue weighted by molar-refractivity contribution is 7.72. The Balaban J connectivity index is 3.31. The average molecular weight is 186 g/mol. The van der Waals surface area contributed by atoms with E-state index in [-0.39, 0.29) is 4.90 Å². The van der Waals surface area contributed by atoms with E-state index in [9.17, 15) is 8.42 Å². The van der Waals surface area contributed by atoms with E-state index >= 15 is 0 Å². The summed E-state index contributed by atoms with van der Waals surface area (Å²) in [6, 6.07) is 5.04. The number of benzene rings is 1. The van der Waals surface area contributed by atoms with E-state index in [4.69, 9.17) is 4.74 Å². The Morgan fingerprint density at radius 3 is 2.50 bits per heavy atom. The van der Waals surface area contributed by atoms with Gasteiger partial charge in [-0.3, -0.25) is 0 Å². The van der Waals surface area contributed by atoms with Crippen molar-refractivity contribution in [1.29, 1.82) is 0 Å². The molecule has 0 aromatic heterocycles. The minimum Gasteiger partial charge on any atom is -0.495 e. The van der Waals surface area contributed by atoms with Crippen LogP contribution in [0, 0.1) is 6.92 Å². The van der Waals surface area contributed by atoms with Crippen molar-refractivity contribution in [2.75, 3.05) is 7.11 Å². The van der Waals surface area contributed by atoms with Crippen molar-refractivity contribution in [2.45, 2.75) is 11.8 Å². The van der Waals surface area contributed by atoms with E-state index in [1.807, 2.05) is 6.92 Å². The molecule has 1 aromatic carbocycles. The van der Waals surface area contributed by atoms with E-state index < -0.39 is 10.7 Å². The Kier molecular flexibility index (Phi) is 2.70. The lowest BCUT2D eigenvalue weighted by molar-refractivity contribution is 0.403. The largest absolute Gasteiger partial charge is 0.495 e. The van der Waals surface area contributed by atoms with Crippen LogP contribution in [-0.4, -0.2) is 15.5 Å². The molecule has 0 bridgehead atoms. The molecule has 4 heteroatoms. The van der Waals surface area contributed by atoms with Gasteiger partial charge in [-0.2, -0.15) is 0 Å². The van der Waals surface area contributed by atoms with Crippen LogP contribution in [0.2, 0.25) is 0 Å². The molecule has 0 radical (unpaired) electrons. The number of thiol groups is 1. The van der Waals surface area contributed by atoms with Crippen LogP contribution < -0.4 is 4.74 Å². The maximum absolute atomic E-state index is 10.7. The van der Waals surface area contributed by atoms with Gasteiger partial charge in [-0.25, -0.2) is 8.42 Å². The van der Waals surface area contributed by atoms with Crippen molar-refractivity contribution in [3.63, 3.8) is 0 Å². The number of hydrogen-bond donors (Lipinski definition) is 1. The van der Waals surface area contributed by atoms with Crippen molar-refractivity contribution in [1.82, 2.24) is 0 Å². The SMILES string of the molecule is COc1ccc(C)cc1[SH](=O)=O. The molecule has 12 heavy (non-hydrogen) atoms. The number of aryl methyl sites for hydroxylation is 1. The monoisotopic (exact) mass is 186 g/mol. The fraction of sp³-hybridized carbons (Fsp3) is 0.250. The van der Waals surface area contributed by atoms with Crippen LogP contribution in [0.1, 0.15) is 5.56 Å². The third kappa shape index (κ3) is 1.76. The average Bonchev–Trinajstić information content (AvgIpc) is 2.04. The normalized spacial score (nSPS) is 10.2. The molecule has 0 aliphatic carbocycles. The van der Waals surface area contributed by atoms with Crippen LogP contribution in [0.5, 0.6) is 5.75 Å². The maximum Gasteiger partial charge on any atom is 0.171 e. The van der Waals surface area contributed by atoms with Crippen molar-refractivity contribution in [2.24, 2.45) is 0 Å². The number of methoxy groups -OCH3 is 1. The number of hydrogen-bond acceptors (Lipinski definition) is 3. The molecule has 0 saturated carbocycles. The quantitative estimate of drug-likeness (QED) is 0.700. The Morgan fingerprint density at radius 1 is 1.33 bits per heavy atom. The minimum atomic E-state index is -2.56. The maximum atomic E-state index is 10.7. The summed E-state index contributed by atoms with van der Waals surface area (Å²) < 4.78 is 26.3. The lowest BCUT2D eigenvalue weighted by Gasteiger charge is -2.02. The standard InChI is InChI=1S/C8H10O3S/c1-6-3-4-7(11-2)8(5-6)12(9)10/h3-5,12H,1-2H3. The topological polar surface area (TPSA) is 43.4 Å². The predicted octanol–water partition coefficient (Wildman–Crippen LogP) is 0.974. The molecule has 0 atom stereocenters. The summed E-state index contributed by atoms with van der Waals surface area (Å²) in [6.45, 7) is 1.84. The molecule has 0 aliphatic rings. The first-order chi connectivity index (χ1) is 5.65. The van der Waals surface area contributed by atoms with Crippen LogP contribution in [0.15, 0.2) is 23.1 Å². The highest BCUT2D eigenvalue weighted by Crippen LogP contribution is 2.20. The van der Waals surface area contributed by atoms with Gasteiger partial charge in [0.25, 0.3) is 0 Å². The molecule has 0 heterocycles. The lowest BCUT2D eigenvalue weighted by Crippen LogP contribution is -1.90. The van der Waals surface area contributed by atoms with Crippen LogP contribution >= 0.6 is 0 Å². The van der Waals surface area contributed by atoms with Crippen molar-refractivity contribution in [3.05, 3.63) is 23.8 Å². The zero-order chi connectivity index (χ0) is 9.14. The molecule has 1 aromatic rings. The minimum absolute atomic E-state index is 0.243. The van der Waals surface area contributed by atoms with E-state index in [1.165, 1.54) is 7.11 Å². The van der Waals surface area contributed by atoms with Gasteiger partial charge >= 0.3 is 0 Å². The summed E-state index contributed by atoms with van der Waals surface area (Å²) in [5.74, 6) is 0.400. The summed E-state index contributed by atoms with van der Waals surface area (Å²) in [4.78, 5) is 0.243. The van der Waals surface area contributed by atoms with Crippen molar-refractivity contribution >= 4 is 10.7 Å². The molecule has 3 nitrogen and oxygen atoms in total. The first-order valence-electron chi connectivity index (χ1n) is 3.44. The highest BCUT2D eigenvalue weighted by Gasteiger charge is 2.03. The fourth-order valence-corrected chi connectivity index (χ4v) is 1.60. The summed E-state index contributed by atoms with van der Waals surface area (Å²) in [5, 5.41) is 0. The molecule has 1 rings (SSSR count). The van der Waals surface area contributed by atoms with Gasteiger partial charge in [-0.15, -0.1) is 0 Å². The Labute approximate surface area is 72.9 Å². The molecule has 0 aliphatic heterocycles. The van der Waals surface area contributed by atoms with Crippen molar-refractivity contribution < 1.29 is 13.2 Å². The second-order valence-corrected chi connectivity index (χ2v) is 3.43. The Morgan fingerprint density at radius 2 is 2.00 bits per heavy atom. The second kappa shape index (κ2) is 3.58. The zero-order valence-corrected chi connectivity index (χ0v) is 7.80. The Bertz CT molecular complexity index is 347. The van der Waals surface area contributed by atoms with E-state index in [1.54, 1.807) is 18.2 Å². The first-order valence-corrected chi connectivity index (χ1v) is 4.62. The van der Waals surface area contributed by atoms with Gasteiger partial charge in [0, 0.05) is 0 Å². The summed E-state index contributed by atoms with van der Waals surface area (Å²) in [7, 11) is -1.11. The van der Waals surface area contributed by atoms with Gasteiger partial charge in [0.2, 0.25) is 0 Å². The fourth-order valence-electron chi connectivity index (χ4n) is 0.943. The molecular weight excluding hydrogens is 176 g/mol. The Hall–Kier alpha value is -1.03. The molecule has 66 valence electrons. The zero-order valence-electron chi connectivity index (χ0n) is 6.90. The van der Waals surface area contributed by atoms with E-state index in [0.717, 1.165) is 5.56 Å². The van der Waals surface area contributed by atoms with Crippen LogP contribution in [0.25, 0.3) is 0 Å². The smallest absolute Gasteiger partial charge is 0.171 e. The number of rotatable bonds is 2. The van der Waals surface area contributed by atoms with Gasteiger partial charge in [-0.05, 0) is 24.6 Å². The van der Waals surface area contributed by atoms with E-state index in [0.29, 0.717) is 5.75 Å². The van der Waals surface area contributed by atoms with E-state index in [2.05, 4.69) is 0 Å². The predicted molar refractivity (Wildman–Crippen MR) is 46.3 cm³/mol. The van der Waals surface area contributed by atoms with Gasteiger partial charge in [-0.1, -0.05) is 6.07 Å². The molecule has 0 saturated heterocycles. The van der Waals surface area contributed by atoms with Gasteiger partial charge in [0.15, 0.2) is 10.7 Å². The first kappa shape index (κ1) is 9.06. The summed E-state index contributed by atoms with van der Waals surface area (Å²) in [5.41, 5.74) is 0.907. The molecule has 0 amide bonds. The second-order valence-electron chi connectivity index (χ2n) is 2.43. The summed E-state index contributed by atoms with van der Waals surface area (Å²) >= 11 is 0. The molecule has 0 unspecified atom stereocenters. The molecule has 0 fully saturated rings. The number of ether oxygens (including phenoxy) is 1. The molecular formula is C8H10O3S. The van der Waals surface area contributed by atoms with Crippen LogP contribution in [0.4, 0.5) is 0 Å². The lowest BCUT2D eigenvalue weighted by atomic mass is 10.2. The van der Waals surface area contributed by atoms with Crippen LogP contribution in [0.3, 0.4) is 0 Å². The molecule has 0 N–H and O–H groups in total. The molecule has 0 spiro atoms. The third-order valence-electron chi connectivity index (χ3n) is 1.53. The van der Waals surface area contributed by atoms with Gasteiger partial charge < -0.3 is 4.74 Å². The summed E-state index contributed by atoms with van der Waals surface area (Å²) in [6.07, 6.45) is 0. The highest BCUT2D eigenvalue weighted by atomic mass is 32.2. The third-order valence-corrected chi connectivity index (χ3v) is 2.27.